The van der Waals surface area contributed by atoms with E-state index in [2.05, 4.69) is 0 Å². The summed E-state index contributed by atoms with van der Waals surface area (Å²) in [6, 6.07) is 0. The third-order valence-corrected chi connectivity index (χ3v) is 2.27. The van der Waals surface area contributed by atoms with Gasteiger partial charge in [0.25, 0.3) is 0 Å². The van der Waals surface area contributed by atoms with Crippen LogP contribution in [0.15, 0.2) is 0 Å². The Bertz CT molecular complexity index is 213. The second-order valence-corrected chi connectivity index (χ2v) is 3.47. The van der Waals surface area contributed by atoms with Gasteiger partial charge in [-0.1, -0.05) is 20.3 Å². The van der Waals surface area contributed by atoms with Gasteiger partial charge in [-0.25, -0.2) is 0 Å². The fraction of sp³-hybridized carbons (Fsp3) is 0.818. The van der Waals surface area contributed by atoms with Gasteiger partial charge >= 0.3 is 11.9 Å². The lowest BCUT2D eigenvalue weighted by atomic mass is 9.95. The van der Waals surface area contributed by atoms with E-state index in [0.29, 0.717) is 12.8 Å². The standard InChI is InChI=1S/C11H20O4/c1-5-7-9(11(13)14-4)10(6-2)15-8(3)12/h9-10H,5-7H2,1-4H3/t9-,10+/m1/s1. The first kappa shape index (κ1) is 13.9. The number of esters is 2. The molecule has 0 rings (SSSR count). The van der Waals surface area contributed by atoms with E-state index >= 15 is 0 Å². The highest BCUT2D eigenvalue weighted by atomic mass is 16.6. The molecule has 0 fully saturated rings. The van der Waals surface area contributed by atoms with Crippen molar-refractivity contribution in [3.63, 3.8) is 0 Å². The molecule has 15 heavy (non-hydrogen) atoms. The molecule has 0 unspecified atom stereocenters. The van der Waals surface area contributed by atoms with Gasteiger partial charge in [0.15, 0.2) is 0 Å². The van der Waals surface area contributed by atoms with Crippen LogP contribution in [-0.2, 0) is 19.1 Å². The van der Waals surface area contributed by atoms with Crippen LogP contribution in [0.1, 0.15) is 40.0 Å². The number of hydrogen-bond donors (Lipinski definition) is 0. The number of hydrogen-bond acceptors (Lipinski definition) is 4. The van der Waals surface area contributed by atoms with Crippen molar-refractivity contribution < 1.29 is 19.1 Å². The second kappa shape index (κ2) is 7.26. The lowest BCUT2D eigenvalue weighted by Gasteiger charge is -2.23. The zero-order chi connectivity index (χ0) is 11.8. The molecule has 0 spiro atoms. The molecule has 0 heterocycles. The molecule has 2 atom stereocenters. The highest BCUT2D eigenvalue weighted by Crippen LogP contribution is 2.19. The van der Waals surface area contributed by atoms with Crippen LogP contribution >= 0.6 is 0 Å². The zero-order valence-electron chi connectivity index (χ0n) is 9.91. The van der Waals surface area contributed by atoms with Crippen LogP contribution in [-0.4, -0.2) is 25.2 Å². The van der Waals surface area contributed by atoms with E-state index in [-0.39, 0.29) is 24.0 Å². The Morgan fingerprint density at radius 2 is 1.87 bits per heavy atom. The molecular formula is C11H20O4. The summed E-state index contributed by atoms with van der Waals surface area (Å²) in [6.07, 6.45) is 1.80. The van der Waals surface area contributed by atoms with Gasteiger partial charge in [0, 0.05) is 6.92 Å². The lowest BCUT2D eigenvalue weighted by molar-refractivity contribution is -0.159. The van der Waals surface area contributed by atoms with E-state index in [0.717, 1.165) is 6.42 Å². The largest absolute Gasteiger partial charge is 0.469 e. The van der Waals surface area contributed by atoms with Crippen LogP contribution in [0, 0.1) is 5.92 Å². The average Bonchev–Trinajstić information content (AvgIpc) is 2.21. The smallest absolute Gasteiger partial charge is 0.312 e. The fourth-order valence-electron chi connectivity index (χ4n) is 1.58. The highest BCUT2D eigenvalue weighted by molar-refractivity contribution is 5.74. The van der Waals surface area contributed by atoms with E-state index in [1.54, 1.807) is 0 Å². The van der Waals surface area contributed by atoms with Gasteiger partial charge < -0.3 is 9.47 Å². The molecule has 0 aliphatic heterocycles. The Balaban J connectivity index is 4.53. The van der Waals surface area contributed by atoms with Crippen LogP contribution < -0.4 is 0 Å². The number of carbonyl (C=O) groups is 2. The molecule has 0 bridgehead atoms. The van der Waals surface area contributed by atoms with Crippen LogP contribution in [0.4, 0.5) is 0 Å². The summed E-state index contributed by atoms with van der Waals surface area (Å²) < 4.78 is 9.80. The Morgan fingerprint density at radius 1 is 1.27 bits per heavy atom. The van der Waals surface area contributed by atoms with E-state index in [4.69, 9.17) is 9.47 Å². The SMILES string of the molecule is CCC[C@@H](C(=O)OC)[C@H](CC)OC(C)=O. The lowest BCUT2D eigenvalue weighted by Crippen LogP contribution is -2.32. The third kappa shape index (κ3) is 4.81. The normalized spacial score (nSPS) is 14.1. The van der Waals surface area contributed by atoms with Crippen molar-refractivity contribution in [3.8, 4) is 0 Å². The Morgan fingerprint density at radius 3 is 2.20 bits per heavy atom. The summed E-state index contributed by atoms with van der Waals surface area (Å²) in [5.41, 5.74) is 0. The summed E-state index contributed by atoms with van der Waals surface area (Å²) in [5.74, 6) is -0.995. The van der Waals surface area contributed by atoms with Crippen molar-refractivity contribution in [2.45, 2.75) is 46.1 Å². The topological polar surface area (TPSA) is 52.6 Å². The maximum absolute atomic E-state index is 11.5. The van der Waals surface area contributed by atoms with Crippen molar-refractivity contribution in [2.75, 3.05) is 7.11 Å². The summed E-state index contributed by atoms with van der Waals surface area (Å²) in [7, 11) is 1.35. The van der Waals surface area contributed by atoms with Crippen molar-refractivity contribution >= 4 is 11.9 Å². The summed E-state index contributed by atoms with van der Waals surface area (Å²) >= 11 is 0. The number of methoxy groups -OCH3 is 1. The molecule has 0 saturated heterocycles. The molecule has 4 heteroatoms. The van der Waals surface area contributed by atoms with Gasteiger partial charge in [-0.3, -0.25) is 9.59 Å². The number of ether oxygens (including phenoxy) is 2. The molecule has 0 amide bonds. The molecule has 0 aromatic carbocycles. The minimum Gasteiger partial charge on any atom is -0.469 e. The highest BCUT2D eigenvalue weighted by Gasteiger charge is 2.29. The molecule has 88 valence electrons. The van der Waals surface area contributed by atoms with E-state index < -0.39 is 0 Å². The summed E-state index contributed by atoms with van der Waals surface area (Å²) in [6.45, 7) is 5.22. The van der Waals surface area contributed by atoms with Gasteiger partial charge in [0.05, 0.1) is 13.0 Å². The molecule has 0 aliphatic carbocycles. The molecule has 0 saturated carbocycles. The van der Waals surface area contributed by atoms with Crippen LogP contribution in [0.5, 0.6) is 0 Å². The van der Waals surface area contributed by atoms with Gasteiger partial charge in [-0.2, -0.15) is 0 Å². The fourth-order valence-corrected chi connectivity index (χ4v) is 1.58. The first-order chi connectivity index (χ1) is 7.06. The van der Waals surface area contributed by atoms with E-state index in [9.17, 15) is 9.59 Å². The van der Waals surface area contributed by atoms with Crippen molar-refractivity contribution in [1.82, 2.24) is 0 Å². The van der Waals surface area contributed by atoms with Crippen molar-refractivity contribution in [1.29, 1.82) is 0 Å². The van der Waals surface area contributed by atoms with E-state index in [1.165, 1.54) is 14.0 Å². The first-order valence-electron chi connectivity index (χ1n) is 5.31. The molecule has 4 nitrogen and oxygen atoms in total. The number of carbonyl (C=O) groups excluding carboxylic acids is 2. The van der Waals surface area contributed by atoms with Crippen LogP contribution in [0.3, 0.4) is 0 Å². The van der Waals surface area contributed by atoms with Gasteiger partial charge in [-0.05, 0) is 12.8 Å². The van der Waals surface area contributed by atoms with Gasteiger partial charge in [0.2, 0.25) is 0 Å². The molecular weight excluding hydrogens is 196 g/mol. The third-order valence-electron chi connectivity index (χ3n) is 2.27. The maximum atomic E-state index is 11.5. The maximum Gasteiger partial charge on any atom is 0.312 e. The van der Waals surface area contributed by atoms with E-state index in [1.807, 2.05) is 13.8 Å². The predicted molar refractivity (Wildman–Crippen MR) is 56.3 cm³/mol. The quantitative estimate of drug-likeness (QED) is 0.636. The minimum atomic E-state index is -0.366. The van der Waals surface area contributed by atoms with Crippen LogP contribution in [0.25, 0.3) is 0 Å². The summed E-state index contributed by atoms with van der Waals surface area (Å²) in [5, 5.41) is 0. The molecule has 0 radical (unpaired) electrons. The zero-order valence-corrected chi connectivity index (χ0v) is 9.91. The van der Waals surface area contributed by atoms with Crippen molar-refractivity contribution in [2.24, 2.45) is 5.92 Å². The average molecular weight is 216 g/mol. The molecule has 0 aliphatic rings. The Hall–Kier alpha value is -1.06. The minimum absolute atomic E-state index is 0.301. The van der Waals surface area contributed by atoms with Gasteiger partial charge in [-0.15, -0.1) is 0 Å². The summed E-state index contributed by atoms with van der Waals surface area (Å²) in [4.78, 5) is 22.3. The molecule has 0 N–H and O–H groups in total. The Kier molecular flexibility index (Phi) is 6.75. The first-order valence-corrected chi connectivity index (χ1v) is 5.31. The number of rotatable bonds is 6. The van der Waals surface area contributed by atoms with Crippen LogP contribution in [0.2, 0.25) is 0 Å². The van der Waals surface area contributed by atoms with Crippen molar-refractivity contribution in [3.05, 3.63) is 0 Å². The predicted octanol–water partition coefficient (Wildman–Crippen LogP) is 1.92. The Labute approximate surface area is 90.9 Å². The monoisotopic (exact) mass is 216 g/mol. The second-order valence-electron chi connectivity index (χ2n) is 3.47. The molecule has 0 aromatic heterocycles. The molecule has 0 aromatic rings. The van der Waals surface area contributed by atoms with Gasteiger partial charge in [0.1, 0.15) is 6.10 Å².